The summed E-state index contributed by atoms with van der Waals surface area (Å²) >= 11 is 5.28. The third-order valence-electron chi connectivity index (χ3n) is 3.75. The molecule has 2 aromatic carbocycles. The number of anilines is 1. The Bertz CT molecular complexity index is 696. The molecule has 0 heterocycles. The van der Waals surface area contributed by atoms with E-state index in [1.54, 1.807) is 0 Å². The molecular weight excluding hydrogens is 333 g/mol. The van der Waals surface area contributed by atoms with Crippen molar-refractivity contribution in [2.75, 3.05) is 5.32 Å². The summed E-state index contributed by atoms with van der Waals surface area (Å²) in [5.41, 5.74) is 2.14. The molecule has 0 bridgehead atoms. The van der Waals surface area contributed by atoms with Gasteiger partial charge in [-0.1, -0.05) is 31.2 Å². The fourth-order valence-corrected chi connectivity index (χ4v) is 2.71. The second-order valence-electron chi connectivity index (χ2n) is 5.49. The monoisotopic (exact) mass is 352 g/mol. The van der Waals surface area contributed by atoms with E-state index in [-0.39, 0.29) is 6.04 Å². The van der Waals surface area contributed by atoms with Crippen molar-refractivity contribution in [3.8, 4) is 0 Å². The van der Waals surface area contributed by atoms with Crippen LogP contribution in [0.1, 0.15) is 36.1 Å². The zero-order valence-electron chi connectivity index (χ0n) is 13.4. The molecule has 2 N–H and O–H groups in total. The van der Waals surface area contributed by atoms with Gasteiger partial charge in [0.2, 0.25) is 0 Å². The maximum Gasteiger partial charge on any atom is 0.416 e. The standard InChI is InChI=1S/C18H19F3N2S/c1-3-16(15-7-5-4-6-12(15)2)23-17(24)22-14-10-8-13(9-11-14)18(19,20)21/h4-11,16H,3H2,1-2H3,(H2,22,23,24). The molecule has 0 aromatic heterocycles. The molecule has 1 atom stereocenters. The summed E-state index contributed by atoms with van der Waals surface area (Å²) in [4.78, 5) is 0. The zero-order valence-corrected chi connectivity index (χ0v) is 14.3. The van der Waals surface area contributed by atoms with Gasteiger partial charge in [0.15, 0.2) is 5.11 Å². The number of hydrogen-bond acceptors (Lipinski definition) is 1. The number of aryl methyl sites for hydroxylation is 1. The Morgan fingerprint density at radius 2 is 1.71 bits per heavy atom. The van der Waals surface area contributed by atoms with Crippen LogP contribution < -0.4 is 10.6 Å². The van der Waals surface area contributed by atoms with Crippen LogP contribution in [-0.2, 0) is 6.18 Å². The molecule has 0 aliphatic rings. The van der Waals surface area contributed by atoms with Gasteiger partial charge in [0.05, 0.1) is 11.6 Å². The van der Waals surface area contributed by atoms with E-state index < -0.39 is 11.7 Å². The van der Waals surface area contributed by atoms with Crippen molar-refractivity contribution in [2.45, 2.75) is 32.5 Å². The van der Waals surface area contributed by atoms with E-state index in [9.17, 15) is 13.2 Å². The van der Waals surface area contributed by atoms with Gasteiger partial charge in [-0.15, -0.1) is 0 Å². The molecule has 2 rings (SSSR count). The molecule has 0 saturated heterocycles. The average molecular weight is 352 g/mol. The largest absolute Gasteiger partial charge is 0.416 e. The normalized spacial score (nSPS) is 12.5. The van der Waals surface area contributed by atoms with Gasteiger partial charge in [-0.25, -0.2) is 0 Å². The number of thiocarbonyl (C=S) groups is 1. The highest BCUT2D eigenvalue weighted by atomic mass is 32.1. The van der Waals surface area contributed by atoms with E-state index in [2.05, 4.69) is 10.6 Å². The molecule has 0 spiro atoms. The van der Waals surface area contributed by atoms with Crippen molar-refractivity contribution >= 4 is 23.0 Å². The second kappa shape index (κ2) is 7.66. The van der Waals surface area contributed by atoms with Crippen molar-refractivity contribution in [1.82, 2.24) is 5.32 Å². The molecule has 0 radical (unpaired) electrons. The maximum atomic E-state index is 12.6. The van der Waals surface area contributed by atoms with Gasteiger partial charge >= 0.3 is 6.18 Å². The number of halogens is 3. The molecule has 2 nitrogen and oxygen atoms in total. The number of benzene rings is 2. The highest BCUT2D eigenvalue weighted by Crippen LogP contribution is 2.29. The van der Waals surface area contributed by atoms with E-state index in [1.807, 2.05) is 38.1 Å². The molecule has 0 amide bonds. The Morgan fingerprint density at radius 1 is 1.08 bits per heavy atom. The van der Waals surface area contributed by atoms with Crippen LogP contribution in [-0.4, -0.2) is 5.11 Å². The molecule has 0 saturated carbocycles. The molecular formula is C18H19F3N2S. The molecule has 0 aliphatic carbocycles. The first-order valence-corrected chi connectivity index (χ1v) is 8.02. The van der Waals surface area contributed by atoms with Crippen molar-refractivity contribution in [1.29, 1.82) is 0 Å². The fourth-order valence-electron chi connectivity index (χ4n) is 2.45. The molecule has 0 fully saturated rings. The van der Waals surface area contributed by atoms with Crippen LogP contribution >= 0.6 is 12.2 Å². The van der Waals surface area contributed by atoms with E-state index in [0.29, 0.717) is 10.8 Å². The lowest BCUT2D eigenvalue weighted by molar-refractivity contribution is -0.137. The van der Waals surface area contributed by atoms with Crippen LogP contribution in [0.4, 0.5) is 18.9 Å². The lowest BCUT2D eigenvalue weighted by atomic mass is 10.00. The zero-order chi connectivity index (χ0) is 17.7. The Balaban J connectivity index is 2.03. The van der Waals surface area contributed by atoms with Crippen LogP contribution in [0.2, 0.25) is 0 Å². The minimum atomic E-state index is -4.34. The molecule has 1 unspecified atom stereocenters. The first kappa shape index (κ1) is 18.3. The summed E-state index contributed by atoms with van der Waals surface area (Å²) in [6.07, 6.45) is -3.50. The SMILES string of the molecule is CCC(NC(=S)Nc1ccc(C(F)(F)F)cc1)c1ccccc1C. The summed E-state index contributed by atoms with van der Waals surface area (Å²) in [5, 5.41) is 6.52. The molecule has 24 heavy (non-hydrogen) atoms. The lowest BCUT2D eigenvalue weighted by Crippen LogP contribution is -2.32. The van der Waals surface area contributed by atoms with E-state index in [0.717, 1.165) is 29.7 Å². The van der Waals surface area contributed by atoms with Gasteiger partial charge in [-0.2, -0.15) is 13.2 Å². The van der Waals surface area contributed by atoms with Crippen molar-refractivity contribution in [2.24, 2.45) is 0 Å². The average Bonchev–Trinajstić information content (AvgIpc) is 2.53. The minimum Gasteiger partial charge on any atom is -0.356 e. The highest BCUT2D eigenvalue weighted by molar-refractivity contribution is 7.80. The minimum absolute atomic E-state index is 0.0423. The van der Waals surface area contributed by atoms with Crippen molar-refractivity contribution in [3.63, 3.8) is 0 Å². The summed E-state index contributed by atoms with van der Waals surface area (Å²) in [5.74, 6) is 0. The number of rotatable bonds is 4. The summed E-state index contributed by atoms with van der Waals surface area (Å²) in [6.45, 7) is 4.08. The summed E-state index contributed by atoms with van der Waals surface area (Å²) < 4.78 is 37.7. The Labute approximate surface area is 145 Å². The smallest absolute Gasteiger partial charge is 0.356 e. The van der Waals surface area contributed by atoms with Crippen LogP contribution in [0.3, 0.4) is 0 Å². The third-order valence-corrected chi connectivity index (χ3v) is 3.97. The van der Waals surface area contributed by atoms with E-state index >= 15 is 0 Å². The van der Waals surface area contributed by atoms with Crippen LogP contribution in [0.5, 0.6) is 0 Å². The van der Waals surface area contributed by atoms with Gasteiger partial charge in [-0.05, 0) is 61.0 Å². The molecule has 0 aliphatic heterocycles. The predicted molar refractivity (Wildman–Crippen MR) is 95.0 cm³/mol. The van der Waals surface area contributed by atoms with Crippen LogP contribution in [0.25, 0.3) is 0 Å². The quantitative estimate of drug-likeness (QED) is 0.715. The topological polar surface area (TPSA) is 24.1 Å². The number of hydrogen-bond donors (Lipinski definition) is 2. The van der Waals surface area contributed by atoms with Crippen molar-refractivity contribution in [3.05, 3.63) is 65.2 Å². The Morgan fingerprint density at radius 3 is 2.25 bits per heavy atom. The first-order chi connectivity index (χ1) is 11.3. The Kier molecular flexibility index (Phi) is 5.83. The predicted octanol–water partition coefficient (Wildman–Crippen LogP) is 5.45. The number of nitrogens with one attached hydrogen (secondary N) is 2. The van der Waals surface area contributed by atoms with E-state index in [1.165, 1.54) is 12.1 Å². The molecule has 6 heteroatoms. The first-order valence-electron chi connectivity index (χ1n) is 7.61. The van der Waals surface area contributed by atoms with Gasteiger partial charge in [0.1, 0.15) is 0 Å². The van der Waals surface area contributed by atoms with E-state index in [4.69, 9.17) is 12.2 Å². The van der Waals surface area contributed by atoms with Crippen LogP contribution in [0.15, 0.2) is 48.5 Å². The van der Waals surface area contributed by atoms with Gasteiger partial charge in [0.25, 0.3) is 0 Å². The number of alkyl halides is 3. The van der Waals surface area contributed by atoms with Gasteiger partial charge < -0.3 is 10.6 Å². The Hall–Kier alpha value is -2.08. The third kappa shape index (κ3) is 4.71. The maximum absolute atomic E-state index is 12.6. The molecule has 128 valence electrons. The summed E-state index contributed by atoms with van der Waals surface area (Å²) in [6, 6.07) is 12.9. The fraction of sp³-hybridized carbons (Fsp3) is 0.278. The second-order valence-corrected chi connectivity index (χ2v) is 5.90. The highest BCUT2D eigenvalue weighted by Gasteiger charge is 2.29. The van der Waals surface area contributed by atoms with Gasteiger partial charge in [0, 0.05) is 5.69 Å². The molecule has 2 aromatic rings. The van der Waals surface area contributed by atoms with Crippen LogP contribution in [0, 0.1) is 6.92 Å². The summed E-state index contributed by atoms with van der Waals surface area (Å²) in [7, 11) is 0. The van der Waals surface area contributed by atoms with Crippen molar-refractivity contribution < 1.29 is 13.2 Å². The lowest BCUT2D eigenvalue weighted by Gasteiger charge is -2.21. The van der Waals surface area contributed by atoms with Gasteiger partial charge in [-0.3, -0.25) is 0 Å².